The molecule has 28 heavy (non-hydrogen) atoms. The predicted octanol–water partition coefficient (Wildman–Crippen LogP) is 2.79. The summed E-state index contributed by atoms with van der Waals surface area (Å²) in [4.78, 5) is 26.9. The average Bonchev–Trinajstić information content (AvgIpc) is 3.30. The van der Waals surface area contributed by atoms with E-state index in [4.69, 9.17) is 9.15 Å². The minimum absolute atomic E-state index is 0.00887. The lowest BCUT2D eigenvalue weighted by Crippen LogP contribution is -2.45. The van der Waals surface area contributed by atoms with Crippen LogP contribution in [0.3, 0.4) is 0 Å². The molecule has 3 amide bonds. The number of benzene rings is 1. The maximum Gasteiger partial charge on any atom is 0.325 e. The number of carbonyl (C=O) groups excluding carboxylic acids is 2. The molecule has 0 saturated carbocycles. The quantitative estimate of drug-likeness (QED) is 0.613. The minimum Gasteiger partial charge on any atom is -0.467 e. The van der Waals surface area contributed by atoms with Crippen molar-refractivity contribution in [3.63, 3.8) is 0 Å². The first-order valence-corrected chi connectivity index (χ1v) is 9.54. The second-order valence-electron chi connectivity index (χ2n) is 6.97. The van der Waals surface area contributed by atoms with Gasteiger partial charge in [-0.3, -0.25) is 9.69 Å². The molecule has 7 nitrogen and oxygen atoms in total. The Balaban J connectivity index is 1.66. The zero-order valence-electron chi connectivity index (χ0n) is 16.0. The number of unbranched alkanes of at least 4 members (excludes halogenated alkanes) is 1. The highest BCUT2D eigenvalue weighted by Crippen LogP contribution is 2.34. The highest BCUT2D eigenvalue weighted by Gasteiger charge is 2.52. The van der Waals surface area contributed by atoms with E-state index in [0.29, 0.717) is 12.2 Å². The monoisotopic (exact) mass is 386 g/mol. The minimum atomic E-state index is -1.08. The third-order valence-corrected chi connectivity index (χ3v) is 4.88. The van der Waals surface area contributed by atoms with Crippen molar-refractivity contribution in [2.24, 2.45) is 0 Å². The van der Waals surface area contributed by atoms with Crippen molar-refractivity contribution in [2.75, 3.05) is 13.2 Å². The number of aliphatic hydroxyl groups is 1. The zero-order chi connectivity index (χ0) is 20.0. The Morgan fingerprint density at radius 3 is 2.68 bits per heavy atom. The van der Waals surface area contributed by atoms with Crippen LogP contribution in [0.25, 0.3) is 0 Å². The normalized spacial score (nSPS) is 20.4. The number of urea groups is 1. The third-order valence-electron chi connectivity index (χ3n) is 4.88. The first kappa shape index (κ1) is 20.1. The number of rotatable bonds is 10. The van der Waals surface area contributed by atoms with Gasteiger partial charge in [0.2, 0.25) is 0 Å². The van der Waals surface area contributed by atoms with Gasteiger partial charge < -0.3 is 19.6 Å². The van der Waals surface area contributed by atoms with Crippen LogP contribution in [0, 0.1) is 0 Å². The van der Waals surface area contributed by atoms with Gasteiger partial charge >= 0.3 is 6.03 Å². The molecule has 0 spiro atoms. The molecule has 1 aromatic heterocycles. The van der Waals surface area contributed by atoms with E-state index in [1.807, 2.05) is 37.3 Å². The van der Waals surface area contributed by atoms with Crippen molar-refractivity contribution < 1.29 is 23.8 Å². The van der Waals surface area contributed by atoms with Crippen LogP contribution < -0.4 is 5.32 Å². The Morgan fingerprint density at radius 1 is 1.21 bits per heavy atom. The van der Waals surface area contributed by atoms with Crippen LogP contribution in [0.4, 0.5) is 4.79 Å². The largest absolute Gasteiger partial charge is 0.467 e. The number of aliphatic hydroxyl groups excluding tert-OH is 1. The number of nitrogens with one attached hydrogen (secondary N) is 1. The number of furan rings is 1. The highest BCUT2D eigenvalue weighted by molar-refractivity contribution is 6.07. The van der Waals surface area contributed by atoms with Crippen LogP contribution in [0.2, 0.25) is 0 Å². The molecule has 2 N–H and O–H groups in total. The fourth-order valence-corrected chi connectivity index (χ4v) is 3.42. The smallest absolute Gasteiger partial charge is 0.325 e. The predicted molar refractivity (Wildman–Crippen MR) is 102 cm³/mol. The summed E-state index contributed by atoms with van der Waals surface area (Å²) >= 11 is 0. The van der Waals surface area contributed by atoms with E-state index in [2.05, 4.69) is 5.32 Å². The van der Waals surface area contributed by atoms with Gasteiger partial charge in [0.25, 0.3) is 5.91 Å². The molecule has 150 valence electrons. The summed E-state index contributed by atoms with van der Waals surface area (Å²) in [5, 5.41) is 13.1. The summed E-state index contributed by atoms with van der Waals surface area (Å²) in [7, 11) is 0. The zero-order valence-corrected chi connectivity index (χ0v) is 16.0. The Labute approximate surface area is 164 Å². The molecule has 2 atom stereocenters. The van der Waals surface area contributed by atoms with Crippen LogP contribution in [0.5, 0.6) is 0 Å². The molecule has 3 rings (SSSR count). The van der Waals surface area contributed by atoms with Gasteiger partial charge in [0, 0.05) is 0 Å². The van der Waals surface area contributed by atoms with Gasteiger partial charge in [0.05, 0.1) is 25.5 Å². The van der Waals surface area contributed by atoms with Crippen molar-refractivity contribution in [1.82, 2.24) is 10.2 Å². The maximum absolute atomic E-state index is 13.2. The van der Waals surface area contributed by atoms with Gasteiger partial charge in [-0.2, -0.15) is 0 Å². The van der Waals surface area contributed by atoms with Crippen molar-refractivity contribution in [3.8, 4) is 0 Å². The second kappa shape index (κ2) is 9.03. The second-order valence-corrected chi connectivity index (χ2v) is 6.97. The van der Waals surface area contributed by atoms with Gasteiger partial charge in [0.1, 0.15) is 17.9 Å². The van der Waals surface area contributed by atoms with Gasteiger partial charge in [-0.1, -0.05) is 50.1 Å². The number of ether oxygens (including phenoxy) is 1. The first-order chi connectivity index (χ1) is 13.6. The number of β-amino-alcohol motifs (C(OH)–C–C–N with tert-alkyl or cyclic N) is 1. The van der Waals surface area contributed by atoms with Gasteiger partial charge in [-0.25, -0.2) is 4.79 Å². The van der Waals surface area contributed by atoms with E-state index in [9.17, 15) is 14.7 Å². The molecule has 2 heterocycles. The number of hydrogen-bond donors (Lipinski definition) is 2. The SMILES string of the molecule is CCCCC1(c2ccccc2)NC(=O)N(CC(O)COCc2ccco2)C1=O. The Morgan fingerprint density at radius 2 is 2.00 bits per heavy atom. The number of amides is 3. The molecule has 1 saturated heterocycles. The van der Waals surface area contributed by atoms with Gasteiger partial charge in [-0.05, 0) is 24.1 Å². The van der Waals surface area contributed by atoms with Crippen molar-refractivity contribution in [1.29, 1.82) is 0 Å². The number of nitrogens with zero attached hydrogens (tertiary/aromatic N) is 1. The fraction of sp³-hybridized carbons (Fsp3) is 0.429. The molecular formula is C21H26N2O5. The van der Waals surface area contributed by atoms with Crippen LogP contribution >= 0.6 is 0 Å². The van der Waals surface area contributed by atoms with E-state index in [1.165, 1.54) is 0 Å². The molecule has 7 heteroatoms. The van der Waals surface area contributed by atoms with Crippen LogP contribution in [-0.2, 0) is 21.7 Å². The standard InChI is InChI=1S/C21H26N2O5/c1-2-3-11-21(16-8-5-4-6-9-16)19(25)23(20(26)22-21)13-17(24)14-27-15-18-10-7-12-28-18/h4-10,12,17,24H,2-3,11,13-15H2,1H3,(H,22,26). The number of hydrogen-bond acceptors (Lipinski definition) is 5. The third kappa shape index (κ3) is 4.26. The summed E-state index contributed by atoms with van der Waals surface area (Å²) in [6, 6.07) is 12.3. The molecular weight excluding hydrogens is 360 g/mol. The lowest BCUT2D eigenvalue weighted by molar-refractivity contribution is -0.133. The lowest BCUT2D eigenvalue weighted by Gasteiger charge is -2.27. The summed E-state index contributed by atoms with van der Waals surface area (Å²) in [6.45, 7) is 2.13. The Bertz CT molecular complexity index is 777. The van der Waals surface area contributed by atoms with Gasteiger partial charge in [-0.15, -0.1) is 0 Å². The molecule has 1 fully saturated rings. The summed E-state index contributed by atoms with van der Waals surface area (Å²) in [5.41, 5.74) is -0.323. The molecule has 2 aromatic rings. The van der Waals surface area contributed by atoms with E-state index in [-0.39, 0.29) is 25.7 Å². The van der Waals surface area contributed by atoms with Crippen LogP contribution in [0.15, 0.2) is 53.1 Å². The van der Waals surface area contributed by atoms with Crippen molar-refractivity contribution in [2.45, 2.75) is 44.4 Å². The Hall–Kier alpha value is -2.64. The van der Waals surface area contributed by atoms with E-state index >= 15 is 0 Å². The maximum atomic E-state index is 13.2. The summed E-state index contributed by atoms with van der Waals surface area (Å²) < 4.78 is 10.6. The van der Waals surface area contributed by atoms with Crippen molar-refractivity contribution >= 4 is 11.9 Å². The van der Waals surface area contributed by atoms with E-state index in [0.717, 1.165) is 23.3 Å². The van der Waals surface area contributed by atoms with E-state index in [1.54, 1.807) is 18.4 Å². The molecule has 1 aliphatic rings. The first-order valence-electron chi connectivity index (χ1n) is 9.54. The van der Waals surface area contributed by atoms with E-state index < -0.39 is 17.7 Å². The highest BCUT2D eigenvalue weighted by atomic mass is 16.5. The number of imide groups is 1. The van der Waals surface area contributed by atoms with Crippen LogP contribution in [-0.4, -0.2) is 41.2 Å². The number of carbonyl (C=O) groups is 2. The molecule has 0 bridgehead atoms. The Kier molecular flexibility index (Phi) is 6.49. The average molecular weight is 386 g/mol. The molecule has 0 radical (unpaired) electrons. The lowest BCUT2D eigenvalue weighted by atomic mass is 9.85. The molecule has 2 unspecified atom stereocenters. The molecule has 1 aliphatic heterocycles. The fourth-order valence-electron chi connectivity index (χ4n) is 3.42. The van der Waals surface area contributed by atoms with Crippen molar-refractivity contribution in [3.05, 3.63) is 60.1 Å². The molecule has 0 aliphatic carbocycles. The topological polar surface area (TPSA) is 92.0 Å². The summed E-state index contributed by atoms with van der Waals surface area (Å²) in [6.07, 6.45) is 2.77. The molecule has 1 aromatic carbocycles. The van der Waals surface area contributed by atoms with Crippen LogP contribution in [0.1, 0.15) is 37.5 Å². The summed E-state index contributed by atoms with van der Waals surface area (Å²) in [5.74, 6) is 0.312. The van der Waals surface area contributed by atoms with Gasteiger partial charge in [0.15, 0.2) is 0 Å².